The van der Waals surface area contributed by atoms with Crippen LogP contribution in [0.15, 0.2) is 24.8 Å². The Bertz CT molecular complexity index is 492. The normalized spacial score (nSPS) is 10.2. The fourth-order valence-corrected chi connectivity index (χ4v) is 1.25. The minimum atomic E-state index is -0.998. The lowest BCUT2D eigenvalue weighted by Crippen LogP contribution is -2.04. The zero-order chi connectivity index (χ0) is 10.8. The van der Waals surface area contributed by atoms with Gasteiger partial charge in [-0.15, -0.1) is 0 Å². The number of carbonyl (C=O) groups is 1. The molecule has 0 atom stereocenters. The molecule has 2 aromatic heterocycles. The minimum Gasteiger partial charge on any atom is -0.478 e. The van der Waals surface area contributed by atoms with E-state index in [0.29, 0.717) is 11.5 Å². The van der Waals surface area contributed by atoms with Gasteiger partial charge in [-0.1, -0.05) is 0 Å². The van der Waals surface area contributed by atoms with Gasteiger partial charge in [-0.25, -0.2) is 14.5 Å². The second-order valence-corrected chi connectivity index (χ2v) is 2.92. The minimum absolute atomic E-state index is 0.167. The molecule has 1 N–H and O–H groups in total. The maximum atomic E-state index is 10.8. The van der Waals surface area contributed by atoms with E-state index >= 15 is 0 Å². The summed E-state index contributed by atoms with van der Waals surface area (Å²) in [6.45, 7) is 1.67. The lowest BCUT2D eigenvalue weighted by Gasteiger charge is -2.01. The zero-order valence-corrected chi connectivity index (χ0v) is 7.95. The van der Waals surface area contributed by atoms with Gasteiger partial charge in [-0.3, -0.25) is 4.98 Å². The Morgan fingerprint density at radius 1 is 1.40 bits per heavy atom. The van der Waals surface area contributed by atoms with Gasteiger partial charge in [0.1, 0.15) is 5.56 Å². The Balaban J connectivity index is 2.52. The van der Waals surface area contributed by atoms with E-state index in [4.69, 9.17) is 5.11 Å². The number of rotatable bonds is 2. The largest absolute Gasteiger partial charge is 0.478 e. The average molecular weight is 204 g/mol. The number of carboxylic acid groups (broad SMARTS) is 1. The first-order valence-corrected chi connectivity index (χ1v) is 4.24. The highest BCUT2D eigenvalue weighted by Crippen LogP contribution is 2.10. The summed E-state index contributed by atoms with van der Waals surface area (Å²) in [4.78, 5) is 18.7. The van der Waals surface area contributed by atoms with Crippen LogP contribution in [0.3, 0.4) is 0 Å². The summed E-state index contributed by atoms with van der Waals surface area (Å²) in [5.74, 6) is -0.495. The van der Waals surface area contributed by atoms with Crippen LogP contribution in [0.25, 0.3) is 5.82 Å². The third-order valence-electron chi connectivity index (χ3n) is 2.01. The smallest absolute Gasteiger partial charge is 0.339 e. The van der Waals surface area contributed by atoms with Crippen LogP contribution in [-0.4, -0.2) is 30.8 Å². The highest BCUT2D eigenvalue weighted by Gasteiger charge is 2.13. The van der Waals surface area contributed by atoms with Gasteiger partial charge in [-0.05, 0) is 6.92 Å². The van der Waals surface area contributed by atoms with Crippen LogP contribution >= 0.6 is 0 Å². The van der Waals surface area contributed by atoms with Gasteiger partial charge in [-0.2, -0.15) is 5.10 Å². The van der Waals surface area contributed by atoms with Gasteiger partial charge in [0.25, 0.3) is 0 Å². The van der Waals surface area contributed by atoms with E-state index < -0.39 is 5.97 Å². The van der Waals surface area contributed by atoms with Crippen molar-refractivity contribution in [2.75, 3.05) is 0 Å². The van der Waals surface area contributed by atoms with Crippen molar-refractivity contribution in [3.63, 3.8) is 0 Å². The first-order valence-electron chi connectivity index (χ1n) is 4.24. The van der Waals surface area contributed by atoms with E-state index in [9.17, 15) is 4.79 Å². The van der Waals surface area contributed by atoms with E-state index in [0.717, 1.165) is 0 Å². The number of hydrogen-bond acceptors (Lipinski definition) is 4. The quantitative estimate of drug-likeness (QED) is 0.777. The fraction of sp³-hybridized carbons (Fsp3) is 0.111. The molecule has 2 heterocycles. The molecule has 6 nitrogen and oxygen atoms in total. The summed E-state index contributed by atoms with van der Waals surface area (Å²) in [5, 5.41) is 12.8. The zero-order valence-electron chi connectivity index (χ0n) is 7.95. The summed E-state index contributed by atoms with van der Waals surface area (Å²) < 4.78 is 1.44. The molecule has 0 aliphatic carbocycles. The molecular formula is C9H8N4O2. The van der Waals surface area contributed by atoms with Crippen LogP contribution < -0.4 is 0 Å². The van der Waals surface area contributed by atoms with E-state index in [1.165, 1.54) is 23.3 Å². The predicted molar refractivity (Wildman–Crippen MR) is 50.9 cm³/mol. The standard InChI is InChI=1S/C9H8N4O2/c1-6-7(9(14)15)4-12-13(6)8-5-10-2-3-11-8/h2-5H,1H3,(H,14,15). The van der Waals surface area contributed by atoms with Crippen molar-refractivity contribution < 1.29 is 9.90 Å². The second-order valence-electron chi connectivity index (χ2n) is 2.92. The van der Waals surface area contributed by atoms with Crippen molar-refractivity contribution in [3.05, 3.63) is 36.0 Å². The molecule has 0 aliphatic rings. The second kappa shape index (κ2) is 3.49. The van der Waals surface area contributed by atoms with Crippen molar-refractivity contribution in [2.24, 2.45) is 0 Å². The van der Waals surface area contributed by atoms with Crippen LogP contribution in [0.2, 0.25) is 0 Å². The number of hydrogen-bond donors (Lipinski definition) is 1. The number of aromatic nitrogens is 4. The highest BCUT2D eigenvalue weighted by molar-refractivity contribution is 5.88. The Hall–Kier alpha value is -2.24. The third-order valence-corrected chi connectivity index (χ3v) is 2.01. The molecule has 6 heteroatoms. The molecule has 2 aromatic rings. The summed E-state index contributed by atoms with van der Waals surface area (Å²) in [6, 6.07) is 0. The van der Waals surface area contributed by atoms with Gasteiger partial charge < -0.3 is 5.11 Å². The monoisotopic (exact) mass is 204 g/mol. The first kappa shape index (κ1) is 9.32. The molecular weight excluding hydrogens is 196 g/mol. The van der Waals surface area contributed by atoms with E-state index in [-0.39, 0.29) is 5.56 Å². The van der Waals surface area contributed by atoms with E-state index in [2.05, 4.69) is 15.1 Å². The lowest BCUT2D eigenvalue weighted by atomic mass is 10.3. The lowest BCUT2D eigenvalue weighted by molar-refractivity contribution is 0.0696. The molecule has 0 amide bonds. The van der Waals surface area contributed by atoms with Crippen molar-refractivity contribution in [1.29, 1.82) is 0 Å². The van der Waals surface area contributed by atoms with Crippen molar-refractivity contribution >= 4 is 5.97 Å². The molecule has 0 saturated carbocycles. The Labute approximate surface area is 85.2 Å². The van der Waals surface area contributed by atoms with Gasteiger partial charge in [0, 0.05) is 12.4 Å². The van der Waals surface area contributed by atoms with Gasteiger partial charge in [0.2, 0.25) is 0 Å². The summed E-state index contributed by atoms with van der Waals surface area (Å²) >= 11 is 0. The molecule has 76 valence electrons. The van der Waals surface area contributed by atoms with E-state index in [1.807, 2.05) is 0 Å². The van der Waals surface area contributed by atoms with Crippen LogP contribution in [0.1, 0.15) is 16.1 Å². The molecule has 0 bridgehead atoms. The summed E-state index contributed by atoms with van der Waals surface area (Å²) in [5.41, 5.74) is 0.698. The van der Waals surface area contributed by atoms with Gasteiger partial charge in [0.05, 0.1) is 18.1 Å². The van der Waals surface area contributed by atoms with Crippen molar-refractivity contribution in [2.45, 2.75) is 6.92 Å². The number of carboxylic acids is 1. The molecule has 15 heavy (non-hydrogen) atoms. The van der Waals surface area contributed by atoms with Gasteiger partial charge in [0.15, 0.2) is 5.82 Å². The number of nitrogens with zero attached hydrogens (tertiary/aromatic N) is 4. The van der Waals surface area contributed by atoms with Crippen LogP contribution in [0, 0.1) is 6.92 Å². The third kappa shape index (κ3) is 1.56. The predicted octanol–water partition coefficient (Wildman–Crippen LogP) is 0.669. The average Bonchev–Trinajstić information content (AvgIpc) is 2.61. The van der Waals surface area contributed by atoms with Crippen LogP contribution in [0.4, 0.5) is 0 Å². The molecule has 0 aromatic carbocycles. The number of aromatic carboxylic acids is 1. The molecule has 2 rings (SSSR count). The molecule has 0 fully saturated rings. The Morgan fingerprint density at radius 3 is 2.73 bits per heavy atom. The Kier molecular flexibility index (Phi) is 2.17. The molecule has 0 radical (unpaired) electrons. The fourth-order valence-electron chi connectivity index (χ4n) is 1.25. The maximum Gasteiger partial charge on any atom is 0.339 e. The molecule has 0 spiro atoms. The summed E-state index contributed by atoms with van der Waals surface area (Å²) in [6.07, 6.45) is 5.88. The topological polar surface area (TPSA) is 80.9 Å². The Morgan fingerprint density at radius 2 is 2.20 bits per heavy atom. The van der Waals surface area contributed by atoms with Gasteiger partial charge >= 0.3 is 5.97 Å². The van der Waals surface area contributed by atoms with Crippen LogP contribution in [-0.2, 0) is 0 Å². The molecule has 0 aliphatic heterocycles. The molecule has 0 saturated heterocycles. The molecule has 0 unspecified atom stereocenters. The van der Waals surface area contributed by atoms with Crippen molar-refractivity contribution in [3.8, 4) is 5.82 Å². The van der Waals surface area contributed by atoms with Crippen LogP contribution in [0.5, 0.6) is 0 Å². The highest BCUT2D eigenvalue weighted by atomic mass is 16.4. The van der Waals surface area contributed by atoms with Crippen molar-refractivity contribution in [1.82, 2.24) is 19.7 Å². The maximum absolute atomic E-state index is 10.8. The SMILES string of the molecule is Cc1c(C(=O)O)cnn1-c1cnccn1. The summed E-state index contributed by atoms with van der Waals surface area (Å²) in [7, 11) is 0. The van der Waals surface area contributed by atoms with E-state index in [1.54, 1.807) is 13.1 Å². The first-order chi connectivity index (χ1) is 7.20.